The zero-order valence-electron chi connectivity index (χ0n) is 28.7. The number of nitrogens with zero attached hydrogens (tertiary/aromatic N) is 2. The lowest BCUT2D eigenvalue weighted by molar-refractivity contribution is 0.120. The van der Waals surface area contributed by atoms with Gasteiger partial charge in [0.1, 0.15) is 15.6 Å². The number of hydrogen-bond donors (Lipinski definition) is 0. The summed E-state index contributed by atoms with van der Waals surface area (Å²) in [6.45, 7) is 3.89. The van der Waals surface area contributed by atoms with Gasteiger partial charge in [0.25, 0.3) is 0 Å². The fraction of sp³-hybridized carbons (Fsp3) is 0.300. The summed E-state index contributed by atoms with van der Waals surface area (Å²) in [7, 11) is 3.46. The van der Waals surface area contributed by atoms with Crippen LogP contribution in [0.15, 0.2) is 107 Å². The van der Waals surface area contributed by atoms with Gasteiger partial charge in [0.05, 0.1) is 31.2 Å². The van der Waals surface area contributed by atoms with E-state index in [1.54, 1.807) is 31.8 Å². The monoisotopic (exact) mass is 826 g/mol. The van der Waals surface area contributed by atoms with E-state index in [-0.39, 0.29) is 17.3 Å². The molecule has 0 amide bonds. The van der Waals surface area contributed by atoms with Gasteiger partial charge in [-0.1, -0.05) is 130 Å². The summed E-state index contributed by atoms with van der Waals surface area (Å²) in [4.78, 5) is 31.3. The molecule has 0 saturated heterocycles. The molecule has 50 heavy (non-hydrogen) atoms. The van der Waals surface area contributed by atoms with Gasteiger partial charge in [-0.25, -0.2) is 0 Å². The molecule has 5 aromatic rings. The number of hydrogen-bond acceptors (Lipinski definition) is 4. The number of aryl methyl sites for hydroxylation is 2. The Kier molecular flexibility index (Phi) is 14.5. The third-order valence-corrected chi connectivity index (χ3v) is 10.0. The first-order valence-electron chi connectivity index (χ1n) is 16.5. The normalized spacial score (nSPS) is 11.1. The number of unbranched alkanes of at least 4 members (excludes halogenated alkanes) is 1. The van der Waals surface area contributed by atoms with Crippen LogP contribution in [-0.2, 0) is 23.1 Å². The Balaban J connectivity index is 0.000000226. The van der Waals surface area contributed by atoms with Crippen LogP contribution in [0.1, 0.15) is 55.4 Å². The van der Waals surface area contributed by atoms with Crippen molar-refractivity contribution in [3.05, 3.63) is 145 Å². The Labute approximate surface area is 315 Å². The minimum absolute atomic E-state index is 0.0430. The second-order valence-corrected chi connectivity index (χ2v) is 16.0. The molecular weight excluding hydrogens is 787 g/mol. The van der Waals surface area contributed by atoms with Crippen LogP contribution in [0.3, 0.4) is 0 Å². The van der Waals surface area contributed by atoms with Crippen LogP contribution in [0.25, 0.3) is 22.3 Å². The SMILES string of the molecule is CCCCC(Br)(Br)c1cn(C)cc(-c2cccc(Cl)c2OC)c1=O.CCOn1cc(CCF)c(=O)c(-c2ccc(Cc3ccccc3)cc2)c1. The van der Waals surface area contributed by atoms with E-state index in [4.69, 9.17) is 21.2 Å². The van der Waals surface area contributed by atoms with Crippen LogP contribution in [0.4, 0.5) is 4.39 Å². The predicted molar refractivity (Wildman–Crippen MR) is 210 cm³/mol. The zero-order chi connectivity index (χ0) is 36.3. The molecule has 6 nitrogen and oxygen atoms in total. The van der Waals surface area contributed by atoms with E-state index in [2.05, 4.69) is 50.9 Å². The number of halogens is 4. The molecule has 0 saturated carbocycles. The van der Waals surface area contributed by atoms with E-state index in [1.807, 2.05) is 79.3 Å². The molecule has 0 unspecified atom stereocenters. The van der Waals surface area contributed by atoms with Gasteiger partial charge in [-0.2, -0.15) is 4.73 Å². The molecule has 2 heterocycles. The second-order valence-electron chi connectivity index (χ2n) is 11.8. The summed E-state index contributed by atoms with van der Waals surface area (Å²) in [6, 6.07) is 23.6. The summed E-state index contributed by atoms with van der Waals surface area (Å²) in [6.07, 6.45) is 10.7. The average Bonchev–Trinajstić information content (AvgIpc) is 3.11. The molecule has 5 rings (SSSR count). The van der Waals surface area contributed by atoms with E-state index in [0.717, 1.165) is 31.2 Å². The molecule has 2 aromatic heterocycles. The highest BCUT2D eigenvalue weighted by molar-refractivity contribution is 9.24. The van der Waals surface area contributed by atoms with Crippen LogP contribution in [0, 0.1) is 0 Å². The smallest absolute Gasteiger partial charge is 0.194 e. The van der Waals surface area contributed by atoms with Gasteiger partial charge < -0.3 is 14.1 Å². The van der Waals surface area contributed by atoms with Gasteiger partial charge in [-0.05, 0) is 42.5 Å². The minimum Gasteiger partial charge on any atom is -0.495 e. The number of benzene rings is 3. The molecule has 0 fully saturated rings. The Morgan fingerprint density at radius 2 is 1.52 bits per heavy atom. The van der Waals surface area contributed by atoms with Crippen molar-refractivity contribution in [3.8, 4) is 28.0 Å². The number of para-hydroxylation sites is 1. The molecular formula is C40H42Br2ClFN2O4. The average molecular weight is 829 g/mol. The molecule has 0 N–H and O–H groups in total. The quantitative estimate of drug-likeness (QED) is 0.111. The van der Waals surface area contributed by atoms with Crippen LogP contribution in [0.5, 0.6) is 5.75 Å². The van der Waals surface area contributed by atoms with Gasteiger partial charge in [0, 0.05) is 53.7 Å². The van der Waals surface area contributed by atoms with Gasteiger partial charge in [-0.15, -0.1) is 0 Å². The molecule has 10 heteroatoms. The third-order valence-electron chi connectivity index (χ3n) is 8.09. The van der Waals surface area contributed by atoms with E-state index in [1.165, 1.54) is 15.9 Å². The first-order valence-corrected chi connectivity index (χ1v) is 18.5. The molecule has 0 aliphatic heterocycles. The lowest BCUT2D eigenvalue weighted by atomic mass is 10.00. The lowest BCUT2D eigenvalue weighted by Gasteiger charge is -2.22. The molecule has 0 aliphatic carbocycles. The molecule has 0 aliphatic rings. The Hall–Kier alpha value is -3.66. The fourth-order valence-corrected chi connectivity index (χ4v) is 6.95. The topological polar surface area (TPSA) is 62.5 Å². The number of alkyl halides is 3. The summed E-state index contributed by atoms with van der Waals surface area (Å²) in [5.41, 5.74) is 5.90. The van der Waals surface area contributed by atoms with Crippen molar-refractivity contribution in [1.29, 1.82) is 0 Å². The third kappa shape index (κ3) is 9.98. The van der Waals surface area contributed by atoms with Crippen molar-refractivity contribution < 1.29 is 14.0 Å². The van der Waals surface area contributed by atoms with Gasteiger partial charge in [-0.3, -0.25) is 14.0 Å². The molecule has 0 spiro atoms. The van der Waals surface area contributed by atoms with Gasteiger partial charge in [0.2, 0.25) is 0 Å². The van der Waals surface area contributed by atoms with Crippen LogP contribution < -0.4 is 20.4 Å². The van der Waals surface area contributed by atoms with E-state index in [0.29, 0.717) is 45.2 Å². The highest BCUT2D eigenvalue weighted by atomic mass is 79.9. The standard InChI is InChI=1S/C22H22FNO2.C18H20Br2ClNO2/c1-2-26-24-15-20(12-13-23)22(25)21(16-24)19-10-8-18(9-11-19)14-17-6-4-3-5-7-17;1-4-5-9-18(19,20)14-11-22(2)10-13(16(14)23)12-7-6-8-15(21)17(12)24-3/h3-11,15-16H,2,12-14H2,1H3;6-8,10-11H,4-5,9H2,1-3H3. The van der Waals surface area contributed by atoms with Crippen molar-refractivity contribution in [2.45, 2.75) is 49.2 Å². The fourth-order valence-electron chi connectivity index (χ4n) is 5.57. The first-order chi connectivity index (χ1) is 24.0. The highest BCUT2D eigenvalue weighted by Crippen LogP contribution is 2.42. The first kappa shape index (κ1) is 39.1. The maximum Gasteiger partial charge on any atom is 0.194 e. The maximum atomic E-state index is 13.1. The summed E-state index contributed by atoms with van der Waals surface area (Å²) < 4.78 is 21.0. The Morgan fingerprint density at radius 1 is 0.820 bits per heavy atom. The van der Waals surface area contributed by atoms with Crippen molar-refractivity contribution in [2.75, 3.05) is 20.4 Å². The molecule has 264 valence electrons. The van der Waals surface area contributed by atoms with Gasteiger partial charge in [0.15, 0.2) is 10.9 Å². The molecule has 0 radical (unpaired) electrons. The highest BCUT2D eigenvalue weighted by Gasteiger charge is 2.29. The van der Waals surface area contributed by atoms with Crippen molar-refractivity contribution >= 4 is 43.5 Å². The Bertz CT molecular complexity index is 1980. The molecule has 0 atom stereocenters. The summed E-state index contributed by atoms with van der Waals surface area (Å²) in [5.74, 6) is 0.511. The zero-order valence-corrected chi connectivity index (χ0v) is 32.7. The predicted octanol–water partition coefficient (Wildman–Crippen LogP) is 9.91. The van der Waals surface area contributed by atoms with E-state index >= 15 is 0 Å². The largest absolute Gasteiger partial charge is 0.495 e. The number of rotatable bonds is 13. The number of methoxy groups -OCH3 is 1. The number of pyridine rings is 2. The van der Waals surface area contributed by atoms with Crippen LogP contribution in [-0.4, -0.2) is 29.7 Å². The van der Waals surface area contributed by atoms with E-state index in [9.17, 15) is 14.0 Å². The molecule has 3 aromatic carbocycles. The van der Waals surface area contributed by atoms with Crippen molar-refractivity contribution in [2.24, 2.45) is 7.05 Å². The number of aromatic nitrogens is 2. The summed E-state index contributed by atoms with van der Waals surface area (Å²) >= 11 is 13.6. The Morgan fingerprint density at radius 3 is 2.16 bits per heavy atom. The van der Waals surface area contributed by atoms with Crippen LogP contribution in [0.2, 0.25) is 5.02 Å². The van der Waals surface area contributed by atoms with Gasteiger partial charge >= 0.3 is 0 Å². The number of ether oxygens (including phenoxy) is 1. The maximum absolute atomic E-state index is 13.1. The van der Waals surface area contributed by atoms with E-state index < -0.39 is 9.91 Å². The van der Waals surface area contributed by atoms with Crippen molar-refractivity contribution in [1.82, 2.24) is 9.30 Å². The van der Waals surface area contributed by atoms with Crippen molar-refractivity contribution in [3.63, 3.8) is 0 Å². The lowest BCUT2D eigenvalue weighted by Crippen LogP contribution is -2.23. The second kappa shape index (κ2) is 18.5. The minimum atomic E-state index is -0.569. The summed E-state index contributed by atoms with van der Waals surface area (Å²) in [5, 5.41) is 0.484. The van der Waals surface area contributed by atoms with Crippen LogP contribution >= 0.6 is 43.5 Å². The molecule has 0 bridgehead atoms.